The number of aromatic nitrogens is 1. The van der Waals surface area contributed by atoms with Crippen LogP contribution < -0.4 is 5.32 Å². The van der Waals surface area contributed by atoms with Crippen LogP contribution in [0, 0.1) is 6.92 Å². The lowest BCUT2D eigenvalue weighted by Gasteiger charge is -1.92. The van der Waals surface area contributed by atoms with Crippen LogP contribution in [0.5, 0.6) is 0 Å². The van der Waals surface area contributed by atoms with Crippen molar-refractivity contribution in [3.05, 3.63) is 15.6 Å². The lowest BCUT2D eigenvalue weighted by molar-refractivity contribution is 0.112. The zero-order valence-corrected chi connectivity index (χ0v) is 7.36. The first-order valence-corrected chi connectivity index (χ1v) is 4.15. The molecule has 0 aliphatic heterocycles. The zero-order chi connectivity index (χ0) is 8.27. The fourth-order valence-electron chi connectivity index (χ4n) is 0.826. The van der Waals surface area contributed by atoms with Crippen LogP contribution in [0.25, 0.3) is 0 Å². The van der Waals surface area contributed by atoms with E-state index in [2.05, 4.69) is 10.3 Å². The topological polar surface area (TPSA) is 42.0 Å². The summed E-state index contributed by atoms with van der Waals surface area (Å²) >= 11 is 1.44. The Labute approximate surface area is 69.5 Å². The van der Waals surface area contributed by atoms with Crippen molar-refractivity contribution in [2.24, 2.45) is 0 Å². The van der Waals surface area contributed by atoms with Crippen molar-refractivity contribution in [2.75, 3.05) is 7.05 Å². The lowest BCUT2D eigenvalue weighted by atomic mass is 10.4. The summed E-state index contributed by atoms with van der Waals surface area (Å²) < 4.78 is 0. The molecule has 1 aromatic rings. The van der Waals surface area contributed by atoms with Crippen molar-refractivity contribution in [1.29, 1.82) is 0 Å². The fraction of sp³-hybridized carbons (Fsp3) is 0.429. The van der Waals surface area contributed by atoms with Crippen LogP contribution in [0.4, 0.5) is 0 Å². The summed E-state index contributed by atoms with van der Waals surface area (Å²) in [4.78, 5) is 15.5. The molecule has 0 bridgehead atoms. The lowest BCUT2D eigenvalue weighted by Crippen LogP contribution is -2.04. The maximum atomic E-state index is 10.3. The van der Waals surface area contributed by atoms with E-state index in [1.807, 2.05) is 14.0 Å². The molecule has 0 fully saturated rings. The van der Waals surface area contributed by atoms with E-state index in [0.717, 1.165) is 23.4 Å². The Morgan fingerprint density at radius 3 is 2.91 bits per heavy atom. The molecule has 0 aliphatic rings. The number of carbonyl (C=O) groups excluding carboxylic acids is 1. The number of nitrogens with zero attached hydrogens (tertiary/aromatic N) is 1. The number of nitrogens with one attached hydrogen (secondary N) is 1. The molecule has 0 radical (unpaired) electrons. The largest absolute Gasteiger partial charge is 0.315 e. The van der Waals surface area contributed by atoms with Crippen LogP contribution in [0.2, 0.25) is 0 Å². The maximum Gasteiger partial charge on any atom is 0.178 e. The first-order chi connectivity index (χ1) is 5.27. The van der Waals surface area contributed by atoms with Crippen molar-refractivity contribution in [1.82, 2.24) is 10.3 Å². The predicted octanol–water partition coefficient (Wildman–Crippen LogP) is 0.983. The number of aryl methyl sites for hydroxylation is 1. The van der Waals surface area contributed by atoms with Gasteiger partial charge in [-0.3, -0.25) is 4.79 Å². The van der Waals surface area contributed by atoms with Crippen LogP contribution in [-0.4, -0.2) is 18.3 Å². The van der Waals surface area contributed by atoms with Crippen molar-refractivity contribution < 1.29 is 4.79 Å². The van der Waals surface area contributed by atoms with Crippen molar-refractivity contribution in [3.8, 4) is 0 Å². The molecule has 0 unspecified atom stereocenters. The maximum absolute atomic E-state index is 10.3. The molecule has 0 saturated heterocycles. The molecule has 1 rings (SSSR count). The molecule has 60 valence electrons. The number of thiazole rings is 1. The number of hydrogen-bond donors (Lipinski definition) is 1. The first kappa shape index (κ1) is 8.36. The van der Waals surface area contributed by atoms with Gasteiger partial charge >= 0.3 is 0 Å². The Morgan fingerprint density at radius 1 is 1.73 bits per heavy atom. The minimum Gasteiger partial charge on any atom is -0.315 e. The van der Waals surface area contributed by atoms with E-state index in [9.17, 15) is 4.79 Å². The van der Waals surface area contributed by atoms with E-state index >= 15 is 0 Å². The van der Waals surface area contributed by atoms with E-state index in [-0.39, 0.29) is 0 Å². The van der Waals surface area contributed by atoms with Gasteiger partial charge in [0.15, 0.2) is 11.3 Å². The Bertz CT molecular complexity index is 257. The van der Waals surface area contributed by atoms with E-state index in [1.54, 1.807) is 0 Å². The van der Waals surface area contributed by atoms with Gasteiger partial charge < -0.3 is 5.32 Å². The molecule has 0 aliphatic carbocycles. The predicted molar refractivity (Wildman–Crippen MR) is 45.0 cm³/mol. The quantitative estimate of drug-likeness (QED) is 0.688. The van der Waals surface area contributed by atoms with Crippen molar-refractivity contribution in [2.45, 2.75) is 13.5 Å². The van der Waals surface area contributed by atoms with E-state index in [0.29, 0.717) is 5.01 Å². The number of aldehydes is 1. The van der Waals surface area contributed by atoms with Crippen LogP contribution in [0.15, 0.2) is 0 Å². The van der Waals surface area contributed by atoms with Gasteiger partial charge in [-0.05, 0) is 14.0 Å². The second kappa shape index (κ2) is 3.59. The monoisotopic (exact) mass is 170 g/mol. The van der Waals surface area contributed by atoms with Gasteiger partial charge in [0.2, 0.25) is 0 Å². The smallest absolute Gasteiger partial charge is 0.178 e. The molecule has 1 aromatic heterocycles. The van der Waals surface area contributed by atoms with Gasteiger partial charge in [-0.15, -0.1) is 11.3 Å². The summed E-state index contributed by atoms with van der Waals surface area (Å²) in [5.41, 5.74) is 0.950. The third-order valence-electron chi connectivity index (χ3n) is 1.35. The highest BCUT2D eigenvalue weighted by atomic mass is 32.1. The molecule has 0 spiro atoms. The van der Waals surface area contributed by atoms with Crippen LogP contribution in [0.3, 0.4) is 0 Å². The van der Waals surface area contributed by atoms with E-state index < -0.39 is 0 Å². The van der Waals surface area contributed by atoms with Crippen molar-refractivity contribution in [3.63, 3.8) is 0 Å². The Morgan fingerprint density at radius 2 is 2.45 bits per heavy atom. The summed E-state index contributed by atoms with van der Waals surface area (Å²) in [7, 11) is 1.87. The Balaban J connectivity index is 2.87. The third-order valence-corrected chi connectivity index (χ3v) is 2.43. The van der Waals surface area contributed by atoms with Gasteiger partial charge in [0.1, 0.15) is 0 Å². The van der Waals surface area contributed by atoms with Gasteiger partial charge in [-0.25, -0.2) is 4.98 Å². The van der Waals surface area contributed by atoms with Gasteiger partial charge in [0, 0.05) is 11.4 Å². The number of rotatable bonds is 3. The summed E-state index contributed by atoms with van der Waals surface area (Å²) in [5.74, 6) is 0. The molecule has 4 heteroatoms. The second-order valence-electron chi connectivity index (χ2n) is 2.21. The molecular weight excluding hydrogens is 160 g/mol. The SMILES string of the molecule is CNCc1sc(C=O)nc1C. The summed E-state index contributed by atoms with van der Waals surface area (Å²) in [5, 5.41) is 3.58. The summed E-state index contributed by atoms with van der Waals surface area (Å²) in [6, 6.07) is 0. The normalized spacial score (nSPS) is 10.0. The fourth-order valence-corrected chi connectivity index (χ4v) is 1.72. The van der Waals surface area contributed by atoms with E-state index in [4.69, 9.17) is 0 Å². The molecule has 0 amide bonds. The standard InChI is InChI=1S/C7H10N2OS/c1-5-6(3-8-2)11-7(4-10)9-5/h4,8H,3H2,1-2H3. The summed E-state index contributed by atoms with van der Waals surface area (Å²) in [6.07, 6.45) is 0.789. The zero-order valence-electron chi connectivity index (χ0n) is 6.55. The van der Waals surface area contributed by atoms with Crippen molar-refractivity contribution >= 4 is 17.6 Å². The van der Waals surface area contributed by atoms with Gasteiger partial charge in [-0.1, -0.05) is 0 Å². The molecule has 1 N–H and O–H groups in total. The van der Waals surface area contributed by atoms with Gasteiger partial charge in [0.25, 0.3) is 0 Å². The second-order valence-corrected chi connectivity index (χ2v) is 3.32. The highest BCUT2D eigenvalue weighted by Gasteiger charge is 2.04. The van der Waals surface area contributed by atoms with E-state index in [1.165, 1.54) is 11.3 Å². The van der Waals surface area contributed by atoms with Crippen LogP contribution >= 0.6 is 11.3 Å². The highest BCUT2D eigenvalue weighted by molar-refractivity contribution is 7.13. The molecule has 1 heterocycles. The number of hydrogen-bond acceptors (Lipinski definition) is 4. The molecule has 0 saturated carbocycles. The molecule has 0 atom stereocenters. The molecule has 0 aromatic carbocycles. The Hall–Kier alpha value is -0.740. The molecule has 3 nitrogen and oxygen atoms in total. The first-order valence-electron chi connectivity index (χ1n) is 3.34. The van der Waals surface area contributed by atoms with Crippen LogP contribution in [0.1, 0.15) is 20.4 Å². The highest BCUT2D eigenvalue weighted by Crippen LogP contribution is 2.15. The Kier molecular flexibility index (Phi) is 2.73. The average molecular weight is 170 g/mol. The molecular formula is C7H10N2OS. The van der Waals surface area contributed by atoms with Gasteiger partial charge in [-0.2, -0.15) is 0 Å². The van der Waals surface area contributed by atoms with Crippen LogP contribution in [-0.2, 0) is 6.54 Å². The molecule has 11 heavy (non-hydrogen) atoms. The third kappa shape index (κ3) is 1.85. The van der Waals surface area contributed by atoms with Gasteiger partial charge in [0.05, 0.1) is 5.69 Å². The minimum absolute atomic E-state index is 0.563. The number of carbonyl (C=O) groups is 1. The average Bonchev–Trinajstić information content (AvgIpc) is 2.33. The minimum atomic E-state index is 0.563. The summed E-state index contributed by atoms with van der Waals surface area (Å²) in [6.45, 7) is 2.70.